The lowest BCUT2D eigenvalue weighted by Crippen LogP contribution is -2.46. The molecule has 0 radical (unpaired) electrons. The van der Waals surface area contributed by atoms with E-state index in [1.807, 2.05) is 0 Å². The highest BCUT2D eigenvalue weighted by Gasteiger charge is 2.28. The van der Waals surface area contributed by atoms with E-state index in [-0.39, 0.29) is 5.95 Å². The molecular formula is C29H39N9O. The number of likely N-dealkylation sites (N-methyl/N-ethyl adjacent to an activating group) is 1. The van der Waals surface area contributed by atoms with Crippen LogP contribution < -0.4 is 15.5 Å². The number of nitrogen functional groups attached to an aromatic ring is 1. The molecule has 206 valence electrons. The van der Waals surface area contributed by atoms with E-state index in [4.69, 9.17) is 25.4 Å². The van der Waals surface area contributed by atoms with Crippen molar-refractivity contribution in [1.82, 2.24) is 29.8 Å². The van der Waals surface area contributed by atoms with Crippen LogP contribution in [0.4, 0.5) is 17.7 Å². The van der Waals surface area contributed by atoms with Crippen molar-refractivity contribution in [3.63, 3.8) is 0 Å². The number of pyridine rings is 1. The zero-order chi connectivity index (χ0) is 26.6. The molecule has 0 amide bonds. The highest BCUT2D eigenvalue weighted by Crippen LogP contribution is 2.39. The normalized spacial score (nSPS) is 20.2. The van der Waals surface area contributed by atoms with Crippen LogP contribution in [0.3, 0.4) is 0 Å². The molecule has 10 heteroatoms. The molecule has 0 spiro atoms. The number of fused-ring (bicyclic) bond motifs is 1. The number of hydrogen-bond acceptors (Lipinski definition) is 10. The topological polar surface area (TPSA) is 109 Å². The summed E-state index contributed by atoms with van der Waals surface area (Å²) in [5, 5.41) is 0. The van der Waals surface area contributed by atoms with Gasteiger partial charge in [0.25, 0.3) is 0 Å². The van der Waals surface area contributed by atoms with Crippen LogP contribution in [0, 0.1) is 0 Å². The first-order valence-corrected chi connectivity index (χ1v) is 14.4. The number of piperazine rings is 1. The van der Waals surface area contributed by atoms with Crippen molar-refractivity contribution in [3.05, 3.63) is 47.5 Å². The largest absolute Gasteiger partial charge is 0.378 e. The summed E-state index contributed by atoms with van der Waals surface area (Å²) in [7, 11) is 0. The highest BCUT2D eigenvalue weighted by molar-refractivity contribution is 5.65. The van der Waals surface area contributed by atoms with Gasteiger partial charge in [-0.25, -0.2) is 24.9 Å². The number of nitrogens with two attached hydrogens (primary N) is 1. The Labute approximate surface area is 230 Å². The summed E-state index contributed by atoms with van der Waals surface area (Å²) in [5.41, 5.74) is 11.3. The van der Waals surface area contributed by atoms with E-state index < -0.39 is 0 Å². The number of anilines is 3. The van der Waals surface area contributed by atoms with Gasteiger partial charge >= 0.3 is 0 Å². The standard InChI is InChI=1S/C29H39N9O/c1-2-36-10-12-37(13-11-36)25-9-7-21(18-31-25)6-8-22-4-3-5-24-26(22)34-29(38-14-16-39-17-15-38)35-27(24)23-19-32-28(30)33-20-23/h7,9,18-20,22H,2-6,8,10-17H2,1H3,(H2,30,32,33). The van der Waals surface area contributed by atoms with Gasteiger partial charge in [-0.05, 0) is 50.3 Å². The molecule has 3 aliphatic rings. The van der Waals surface area contributed by atoms with Gasteiger partial charge in [0, 0.05) is 74.9 Å². The van der Waals surface area contributed by atoms with Crippen molar-refractivity contribution in [2.45, 2.75) is 44.9 Å². The smallest absolute Gasteiger partial charge is 0.226 e. The Kier molecular flexibility index (Phi) is 7.83. The van der Waals surface area contributed by atoms with Gasteiger partial charge in [-0.3, -0.25) is 0 Å². The molecule has 0 saturated carbocycles. The molecule has 3 aromatic rings. The summed E-state index contributed by atoms with van der Waals surface area (Å²) >= 11 is 0. The summed E-state index contributed by atoms with van der Waals surface area (Å²) in [4.78, 5) is 30.7. The van der Waals surface area contributed by atoms with Gasteiger partial charge in [-0.1, -0.05) is 13.0 Å². The number of morpholine rings is 1. The van der Waals surface area contributed by atoms with Crippen molar-refractivity contribution in [2.75, 3.05) is 74.6 Å². The minimum Gasteiger partial charge on any atom is -0.378 e. The second kappa shape index (κ2) is 11.8. The molecule has 6 rings (SSSR count). The maximum absolute atomic E-state index is 5.78. The second-order valence-electron chi connectivity index (χ2n) is 10.7. The van der Waals surface area contributed by atoms with Crippen LogP contribution in [0.25, 0.3) is 11.3 Å². The van der Waals surface area contributed by atoms with Crippen molar-refractivity contribution in [1.29, 1.82) is 0 Å². The second-order valence-corrected chi connectivity index (χ2v) is 10.7. The Morgan fingerprint density at radius 1 is 0.923 bits per heavy atom. The van der Waals surface area contributed by atoms with Crippen LogP contribution in [0.2, 0.25) is 0 Å². The van der Waals surface area contributed by atoms with Gasteiger partial charge < -0.3 is 25.2 Å². The van der Waals surface area contributed by atoms with Crippen LogP contribution in [0.1, 0.15) is 48.9 Å². The number of rotatable bonds is 7. The van der Waals surface area contributed by atoms with E-state index in [1.54, 1.807) is 12.4 Å². The fourth-order valence-corrected chi connectivity index (χ4v) is 6.01. The minimum absolute atomic E-state index is 0.274. The fraction of sp³-hybridized carbons (Fsp3) is 0.552. The Hall–Kier alpha value is -3.37. The van der Waals surface area contributed by atoms with Crippen LogP contribution in [0.15, 0.2) is 30.7 Å². The van der Waals surface area contributed by atoms with Crippen molar-refractivity contribution < 1.29 is 4.74 Å². The monoisotopic (exact) mass is 529 g/mol. The van der Waals surface area contributed by atoms with Gasteiger partial charge in [0.2, 0.25) is 11.9 Å². The molecule has 1 aliphatic carbocycles. The maximum atomic E-state index is 5.78. The lowest BCUT2D eigenvalue weighted by atomic mass is 9.82. The number of nitrogens with zero attached hydrogens (tertiary/aromatic N) is 8. The highest BCUT2D eigenvalue weighted by atomic mass is 16.5. The third kappa shape index (κ3) is 5.81. The summed E-state index contributed by atoms with van der Waals surface area (Å²) in [6, 6.07) is 4.46. The van der Waals surface area contributed by atoms with Crippen LogP contribution in [0.5, 0.6) is 0 Å². The van der Waals surface area contributed by atoms with E-state index in [2.05, 4.69) is 49.9 Å². The first-order valence-electron chi connectivity index (χ1n) is 14.4. The quantitative estimate of drug-likeness (QED) is 0.491. The van der Waals surface area contributed by atoms with E-state index in [0.29, 0.717) is 19.1 Å². The van der Waals surface area contributed by atoms with Gasteiger partial charge in [0.05, 0.1) is 24.6 Å². The van der Waals surface area contributed by atoms with Crippen LogP contribution in [-0.2, 0) is 17.6 Å². The lowest BCUT2D eigenvalue weighted by molar-refractivity contribution is 0.122. The number of ether oxygens (including phenoxy) is 1. The zero-order valence-electron chi connectivity index (χ0n) is 22.9. The first-order chi connectivity index (χ1) is 19.2. The molecule has 39 heavy (non-hydrogen) atoms. The number of hydrogen-bond donors (Lipinski definition) is 1. The summed E-state index contributed by atoms with van der Waals surface area (Å²) in [6.07, 6.45) is 10.9. The third-order valence-corrected chi connectivity index (χ3v) is 8.37. The lowest BCUT2D eigenvalue weighted by Gasteiger charge is -2.34. The molecule has 3 aromatic heterocycles. The van der Waals surface area contributed by atoms with Crippen LogP contribution >= 0.6 is 0 Å². The minimum atomic E-state index is 0.274. The number of aromatic nitrogens is 5. The third-order valence-electron chi connectivity index (χ3n) is 8.37. The molecule has 1 unspecified atom stereocenters. The molecule has 5 heterocycles. The maximum Gasteiger partial charge on any atom is 0.226 e. The molecule has 2 N–H and O–H groups in total. The van der Waals surface area contributed by atoms with Crippen molar-refractivity contribution >= 4 is 17.7 Å². The molecule has 0 aromatic carbocycles. The molecular weight excluding hydrogens is 490 g/mol. The number of aryl methyl sites for hydroxylation is 1. The summed E-state index contributed by atoms with van der Waals surface area (Å²) in [5.74, 6) is 2.53. The van der Waals surface area contributed by atoms with Crippen molar-refractivity contribution in [3.8, 4) is 11.3 Å². The summed E-state index contributed by atoms with van der Waals surface area (Å²) < 4.78 is 5.59. The molecule has 1 atom stereocenters. The average Bonchev–Trinajstić information content (AvgIpc) is 3.00. The van der Waals surface area contributed by atoms with Crippen molar-refractivity contribution in [2.24, 2.45) is 0 Å². The van der Waals surface area contributed by atoms with E-state index in [0.717, 1.165) is 101 Å². The molecule has 2 saturated heterocycles. The van der Waals surface area contributed by atoms with Gasteiger partial charge in [0.1, 0.15) is 5.82 Å². The molecule has 2 aliphatic heterocycles. The first kappa shape index (κ1) is 25.9. The SMILES string of the molecule is CCN1CCN(c2ccc(CCC3CCCc4c(-c5cnc(N)nc5)nc(N5CCOCC5)nc43)cn2)CC1. The summed E-state index contributed by atoms with van der Waals surface area (Å²) in [6.45, 7) is 10.7. The predicted molar refractivity (Wildman–Crippen MR) is 153 cm³/mol. The van der Waals surface area contributed by atoms with Gasteiger partial charge in [-0.15, -0.1) is 0 Å². The van der Waals surface area contributed by atoms with E-state index in [9.17, 15) is 0 Å². The Morgan fingerprint density at radius 3 is 2.44 bits per heavy atom. The molecule has 10 nitrogen and oxygen atoms in total. The van der Waals surface area contributed by atoms with E-state index in [1.165, 1.54) is 16.8 Å². The predicted octanol–water partition coefficient (Wildman–Crippen LogP) is 2.94. The molecule has 0 bridgehead atoms. The van der Waals surface area contributed by atoms with Gasteiger partial charge in [0.15, 0.2) is 0 Å². The Balaban J connectivity index is 1.21. The fourth-order valence-electron chi connectivity index (χ4n) is 6.01. The molecule has 2 fully saturated rings. The average molecular weight is 530 g/mol. The Morgan fingerprint density at radius 2 is 1.72 bits per heavy atom. The van der Waals surface area contributed by atoms with Gasteiger partial charge in [-0.2, -0.15) is 0 Å². The Bertz CT molecular complexity index is 1240. The van der Waals surface area contributed by atoms with E-state index >= 15 is 0 Å². The van der Waals surface area contributed by atoms with Crippen LogP contribution in [-0.4, -0.2) is 88.8 Å². The zero-order valence-corrected chi connectivity index (χ0v) is 22.9.